The van der Waals surface area contributed by atoms with E-state index in [-0.39, 0.29) is 24.9 Å². The third-order valence-electron chi connectivity index (χ3n) is 3.45. The fourth-order valence-corrected chi connectivity index (χ4v) is 2.48. The van der Waals surface area contributed by atoms with E-state index < -0.39 is 0 Å². The minimum Gasteiger partial charge on any atom is -0.375 e. The maximum absolute atomic E-state index is 12.1. The van der Waals surface area contributed by atoms with Crippen molar-refractivity contribution in [2.24, 2.45) is 0 Å². The zero-order valence-electron chi connectivity index (χ0n) is 13.7. The van der Waals surface area contributed by atoms with Crippen LogP contribution < -0.4 is 10.6 Å². The first-order valence-electron chi connectivity index (χ1n) is 7.54. The molecule has 6 heteroatoms. The normalized spacial score (nSPS) is 10.1. The lowest BCUT2D eigenvalue weighted by Gasteiger charge is -2.18. The Bertz CT molecular complexity index is 716. The summed E-state index contributed by atoms with van der Waals surface area (Å²) in [5, 5.41) is 5.83. The number of carbonyl (C=O) groups is 2. The molecular weight excluding hydrogens is 370 g/mol. The molecule has 2 rings (SSSR count). The first-order valence-corrected chi connectivity index (χ1v) is 8.34. The highest BCUT2D eigenvalue weighted by Crippen LogP contribution is 2.20. The average molecular weight is 390 g/mol. The second-order valence-corrected chi connectivity index (χ2v) is 6.35. The van der Waals surface area contributed by atoms with Crippen LogP contribution in [0.25, 0.3) is 0 Å². The van der Waals surface area contributed by atoms with Crippen molar-refractivity contribution in [1.29, 1.82) is 0 Å². The molecule has 0 spiro atoms. The molecule has 2 aromatic rings. The molecule has 2 aromatic carbocycles. The Morgan fingerprint density at radius 2 is 1.75 bits per heavy atom. The Balaban J connectivity index is 1.81. The van der Waals surface area contributed by atoms with Gasteiger partial charge in [-0.3, -0.25) is 9.59 Å². The molecule has 0 aliphatic carbocycles. The first-order chi connectivity index (χ1) is 11.5. The van der Waals surface area contributed by atoms with Gasteiger partial charge in [0.05, 0.1) is 13.1 Å². The Kier molecular flexibility index (Phi) is 6.37. The van der Waals surface area contributed by atoms with E-state index in [0.717, 1.165) is 21.4 Å². The summed E-state index contributed by atoms with van der Waals surface area (Å²) in [7, 11) is 1.61. The van der Waals surface area contributed by atoms with Crippen molar-refractivity contribution in [2.45, 2.75) is 6.92 Å². The second kappa shape index (κ2) is 8.49. The maximum Gasteiger partial charge on any atom is 0.243 e. The standard InChI is InChI=1S/C18H20BrN3O2/c1-13-7-9-14(10-8-13)21-17(23)12-22(2)18(24)11-20-16-6-4-3-5-15(16)19/h3-10,20H,11-12H2,1-2H3,(H,21,23). The number of nitrogens with zero attached hydrogens (tertiary/aromatic N) is 1. The van der Waals surface area contributed by atoms with Crippen molar-refractivity contribution in [3.8, 4) is 0 Å². The van der Waals surface area contributed by atoms with E-state index in [4.69, 9.17) is 0 Å². The van der Waals surface area contributed by atoms with Crippen molar-refractivity contribution in [1.82, 2.24) is 4.90 Å². The highest BCUT2D eigenvalue weighted by molar-refractivity contribution is 9.10. The molecular formula is C18H20BrN3O2. The van der Waals surface area contributed by atoms with Gasteiger partial charge in [0.1, 0.15) is 0 Å². The Hall–Kier alpha value is -2.34. The average Bonchev–Trinajstić information content (AvgIpc) is 2.56. The smallest absolute Gasteiger partial charge is 0.243 e. The van der Waals surface area contributed by atoms with Crippen molar-refractivity contribution in [3.63, 3.8) is 0 Å². The van der Waals surface area contributed by atoms with Gasteiger partial charge < -0.3 is 15.5 Å². The second-order valence-electron chi connectivity index (χ2n) is 5.50. The molecule has 0 aromatic heterocycles. The Labute approximate surface area is 150 Å². The third kappa shape index (κ3) is 5.38. The molecule has 0 unspecified atom stereocenters. The van der Waals surface area contributed by atoms with E-state index in [1.807, 2.05) is 55.5 Å². The monoisotopic (exact) mass is 389 g/mol. The molecule has 5 nitrogen and oxygen atoms in total. The van der Waals surface area contributed by atoms with Gasteiger partial charge in [-0.05, 0) is 47.1 Å². The highest BCUT2D eigenvalue weighted by Gasteiger charge is 2.13. The van der Waals surface area contributed by atoms with Crippen molar-refractivity contribution >= 4 is 39.1 Å². The summed E-state index contributed by atoms with van der Waals surface area (Å²) in [4.78, 5) is 25.5. The van der Waals surface area contributed by atoms with Crippen LogP contribution in [-0.4, -0.2) is 36.9 Å². The molecule has 2 N–H and O–H groups in total. The molecule has 0 bridgehead atoms. The summed E-state index contributed by atoms with van der Waals surface area (Å²) in [5.41, 5.74) is 2.68. The van der Waals surface area contributed by atoms with Crippen LogP contribution in [-0.2, 0) is 9.59 Å². The summed E-state index contributed by atoms with van der Waals surface area (Å²) < 4.78 is 0.887. The third-order valence-corrected chi connectivity index (χ3v) is 4.14. The summed E-state index contributed by atoms with van der Waals surface area (Å²) >= 11 is 3.41. The van der Waals surface area contributed by atoms with Crippen LogP contribution in [0, 0.1) is 6.92 Å². The maximum atomic E-state index is 12.1. The number of carbonyl (C=O) groups excluding carboxylic acids is 2. The topological polar surface area (TPSA) is 61.4 Å². The van der Waals surface area contributed by atoms with Gasteiger partial charge in [0.15, 0.2) is 0 Å². The molecule has 0 saturated heterocycles. The van der Waals surface area contributed by atoms with E-state index in [9.17, 15) is 9.59 Å². The van der Waals surface area contributed by atoms with E-state index in [2.05, 4.69) is 26.6 Å². The number of hydrogen-bond acceptors (Lipinski definition) is 3. The number of nitrogens with one attached hydrogen (secondary N) is 2. The Morgan fingerprint density at radius 1 is 1.08 bits per heavy atom. The number of para-hydroxylation sites is 1. The minimum atomic E-state index is -0.226. The van der Waals surface area contributed by atoms with Gasteiger partial charge in [-0.25, -0.2) is 0 Å². The lowest BCUT2D eigenvalue weighted by atomic mass is 10.2. The van der Waals surface area contributed by atoms with Crippen LogP contribution in [0.4, 0.5) is 11.4 Å². The number of halogens is 1. The van der Waals surface area contributed by atoms with Gasteiger partial charge in [-0.1, -0.05) is 29.8 Å². The zero-order chi connectivity index (χ0) is 17.5. The predicted molar refractivity (Wildman–Crippen MR) is 100 cm³/mol. The highest BCUT2D eigenvalue weighted by atomic mass is 79.9. The van der Waals surface area contributed by atoms with Gasteiger partial charge >= 0.3 is 0 Å². The fourth-order valence-electron chi connectivity index (χ4n) is 2.05. The summed E-state index contributed by atoms with van der Waals surface area (Å²) in [6, 6.07) is 15.1. The van der Waals surface area contributed by atoms with Crippen molar-refractivity contribution in [3.05, 3.63) is 58.6 Å². The van der Waals surface area contributed by atoms with E-state index in [1.54, 1.807) is 7.05 Å². The molecule has 0 radical (unpaired) electrons. The first kappa shape index (κ1) is 18.0. The number of benzene rings is 2. The SMILES string of the molecule is Cc1ccc(NC(=O)CN(C)C(=O)CNc2ccccc2Br)cc1. The minimum absolute atomic E-state index is 0.00431. The van der Waals surface area contributed by atoms with Crippen LogP contribution in [0.5, 0.6) is 0 Å². The quantitative estimate of drug-likeness (QED) is 0.796. The molecule has 0 heterocycles. The van der Waals surface area contributed by atoms with Gasteiger partial charge in [0.2, 0.25) is 11.8 Å². The molecule has 0 saturated carbocycles. The van der Waals surface area contributed by atoms with E-state index in [1.165, 1.54) is 4.90 Å². The molecule has 126 valence electrons. The lowest BCUT2D eigenvalue weighted by Crippen LogP contribution is -2.38. The molecule has 0 aliphatic rings. The lowest BCUT2D eigenvalue weighted by molar-refractivity contribution is -0.131. The van der Waals surface area contributed by atoms with E-state index in [0.29, 0.717) is 0 Å². The van der Waals surface area contributed by atoms with Crippen LogP contribution in [0.1, 0.15) is 5.56 Å². The van der Waals surface area contributed by atoms with Gasteiger partial charge in [-0.15, -0.1) is 0 Å². The summed E-state index contributed by atoms with van der Waals surface area (Å²) in [6.45, 7) is 2.11. The number of rotatable bonds is 6. The van der Waals surface area contributed by atoms with Gasteiger partial charge in [0, 0.05) is 22.9 Å². The van der Waals surface area contributed by atoms with Crippen LogP contribution >= 0.6 is 15.9 Å². The molecule has 2 amide bonds. The van der Waals surface area contributed by atoms with Crippen molar-refractivity contribution < 1.29 is 9.59 Å². The Morgan fingerprint density at radius 3 is 2.42 bits per heavy atom. The number of hydrogen-bond donors (Lipinski definition) is 2. The number of aryl methyl sites for hydroxylation is 1. The van der Waals surface area contributed by atoms with Crippen LogP contribution in [0.3, 0.4) is 0 Å². The fraction of sp³-hybridized carbons (Fsp3) is 0.222. The predicted octanol–water partition coefficient (Wildman–Crippen LogP) is 3.27. The van der Waals surface area contributed by atoms with Gasteiger partial charge in [-0.2, -0.15) is 0 Å². The van der Waals surface area contributed by atoms with Crippen molar-refractivity contribution in [2.75, 3.05) is 30.8 Å². The molecule has 0 fully saturated rings. The summed E-state index contributed by atoms with van der Waals surface area (Å²) in [5.74, 6) is -0.389. The zero-order valence-corrected chi connectivity index (χ0v) is 15.3. The van der Waals surface area contributed by atoms with E-state index >= 15 is 0 Å². The number of likely N-dealkylation sites (N-methyl/N-ethyl adjacent to an activating group) is 1. The molecule has 24 heavy (non-hydrogen) atoms. The largest absolute Gasteiger partial charge is 0.375 e. The van der Waals surface area contributed by atoms with Crippen LogP contribution in [0.15, 0.2) is 53.0 Å². The number of anilines is 2. The summed E-state index contributed by atoms with van der Waals surface area (Å²) in [6.07, 6.45) is 0. The number of amides is 2. The van der Waals surface area contributed by atoms with Gasteiger partial charge in [0.25, 0.3) is 0 Å². The molecule has 0 atom stereocenters. The van der Waals surface area contributed by atoms with Crippen LogP contribution in [0.2, 0.25) is 0 Å². The molecule has 0 aliphatic heterocycles.